The summed E-state index contributed by atoms with van der Waals surface area (Å²) >= 11 is 0. The van der Waals surface area contributed by atoms with Crippen molar-refractivity contribution in [3.8, 4) is 0 Å². The van der Waals surface area contributed by atoms with Gasteiger partial charge in [0.05, 0.1) is 5.92 Å². The fourth-order valence-corrected chi connectivity index (χ4v) is 1.65. The first-order chi connectivity index (χ1) is 6.24. The Kier molecular flexibility index (Phi) is 6.54. The van der Waals surface area contributed by atoms with Crippen molar-refractivity contribution in [3.63, 3.8) is 0 Å². The lowest BCUT2D eigenvalue weighted by atomic mass is 9.82. The summed E-state index contributed by atoms with van der Waals surface area (Å²) in [7, 11) is 1.50. The van der Waals surface area contributed by atoms with Crippen LogP contribution >= 0.6 is 0 Å². The zero-order valence-electron chi connectivity index (χ0n) is 8.20. The predicted octanol–water partition coefficient (Wildman–Crippen LogP) is 0.411. The highest BCUT2D eigenvalue weighted by Crippen LogP contribution is 2.27. The lowest BCUT2D eigenvalue weighted by Gasteiger charge is -2.24. The first-order valence-corrected chi connectivity index (χ1v) is 4.74. The number of hydrogen-bond acceptors (Lipinski definition) is 3. The number of rotatable bonds is 2. The van der Waals surface area contributed by atoms with Gasteiger partial charge in [0.2, 0.25) is 0 Å². The molecule has 0 aromatic rings. The number of carbonyl (C=O) groups is 1. The maximum atomic E-state index is 10.5. The minimum atomic E-state index is -0.638. The van der Waals surface area contributed by atoms with Crippen molar-refractivity contribution in [3.05, 3.63) is 0 Å². The van der Waals surface area contributed by atoms with Crippen LogP contribution in [-0.2, 0) is 4.79 Å². The maximum Gasteiger partial charge on any atom is 0.306 e. The zero-order chi connectivity index (χ0) is 10.3. The smallest absolute Gasteiger partial charge is 0.306 e. The molecule has 0 bridgehead atoms. The average molecular weight is 188 g/mol. The molecule has 78 valence electrons. The van der Waals surface area contributed by atoms with E-state index in [0.29, 0.717) is 12.5 Å². The lowest BCUT2D eigenvalue weighted by Crippen LogP contribution is -2.25. The third-order valence-corrected chi connectivity index (χ3v) is 2.53. The molecule has 1 saturated carbocycles. The van der Waals surface area contributed by atoms with Gasteiger partial charge in [-0.3, -0.25) is 4.79 Å². The van der Waals surface area contributed by atoms with Gasteiger partial charge in [0.1, 0.15) is 0 Å². The van der Waals surface area contributed by atoms with E-state index in [1.165, 1.54) is 7.05 Å². The highest BCUT2D eigenvalue weighted by Gasteiger charge is 2.24. The molecule has 0 atom stereocenters. The molecule has 0 aromatic carbocycles. The van der Waals surface area contributed by atoms with Crippen LogP contribution in [0.4, 0.5) is 0 Å². The monoisotopic (exact) mass is 188 g/mol. The molecule has 4 heteroatoms. The van der Waals surface area contributed by atoms with Crippen LogP contribution in [0.5, 0.6) is 0 Å². The fourth-order valence-electron chi connectivity index (χ4n) is 1.65. The van der Waals surface area contributed by atoms with E-state index < -0.39 is 5.97 Å². The molecule has 1 rings (SSSR count). The topological polar surface area (TPSA) is 89.3 Å². The number of aliphatic carboxylic acids is 1. The fraction of sp³-hybridized carbons (Fsp3) is 0.889. The molecule has 0 unspecified atom stereocenters. The highest BCUT2D eigenvalue weighted by molar-refractivity contribution is 5.69. The lowest BCUT2D eigenvalue weighted by molar-refractivity contribution is -0.143. The van der Waals surface area contributed by atoms with Crippen molar-refractivity contribution in [1.29, 1.82) is 0 Å². The largest absolute Gasteiger partial charge is 0.481 e. The molecule has 0 radical (unpaired) electrons. The predicted molar refractivity (Wildman–Crippen MR) is 52.2 cm³/mol. The van der Waals surface area contributed by atoms with Gasteiger partial charge in [-0.25, -0.2) is 0 Å². The number of carboxylic acid groups (broad SMARTS) is 1. The molecule has 0 heterocycles. The van der Waals surface area contributed by atoms with E-state index in [9.17, 15) is 4.79 Å². The Morgan fingerprint density at radius 3 is 2.08 bits per heavy atom. The Balaban J connectivity index is 0.000000671. The summed E-state index contributed by atoms with van der Waals surface area (Å²) < 4.78 is 0. The van der Waals surface area contributed by atoms with E-state index in [0.717, 1.165) is 25.7 Å². The van der Waals surface area contributed by atoms with Gasteiger partial charge in [0.15, 0.2) is 0 Å². The number of nitrogens with two attached hydrogens (primary N) is 2. The standard InChI is InChI=1S/C8H15NO2.CH5N/c9-5-6-1-3-7(4-2-6)8(10)11;1-2/h6-7H,1-5,9H2,(H,10,11);2H2,1H3/t6-,7-;. The summed E-state index contributed by atoms with van der Waals surface area (Å²) in [5.74, 6) is -0.163. The van der Waals surface area contributed by atoms with Crippen LogP contribution in [0.25, 0.3) is 0 Å². The summed E-state index contributed by atoms with van der Waals surface area (Å²) in [6.45, 7) is 0.715. The summed E-state index contributed by atoms with van der Waals surface area (Å²) in [5, 5.41) is 8.67. The summed E-state index contributed by atoms with van der Waals surface area (Å²) in [6.07, 6.45) is 3.62. The van der Waals surface area contributed by atoms with Gasteiger partial charge in [-0.05, 0) is 45.2 Å². The van der Waals surface area contributed by atoms with Crippen LogP contribution in [0.2, 0.25) is 0 Å². The van der Waals surface area contributed by atoms with Crippen molar-refractivity contribution >= 4 is 5.97 Å². The van der Waals surface area contributed by atoms with E-state index in [2.05, 4.69) is 5.73 Å². The van der Waals surface area contributed by atoms with Gasteiger partial charge < -0.3 is 16.6 Å². The second-order valence-electron chi connectivity index (χ2n) is 3.29. The van der Waals surface area contributed by atoms with Crippen molar-refractivity contribution in [2.24, 2.45) is 23.3 Å². The van der Waals surface area contributed by atoms with Gasteiger partial charge >= 0.3 is 5.97 Å². The van der Waals surface area contributed by atoms with Crippen LogP contribution in [0.15, 0.2) is 0 Å². The van der Waals surface area contributed by atoms with Crippen molar-refractivity contribution < 1.29 is 9.90 Å². The van der Waals surface area contributed by atoms with Crippen LogP contribution < -0.4 is 11.5 Å². The molecular formula is C9H20N2O2. The quantitative estimate of drug-likeness (QED) is 0.585. The molecule has 1 fully saturated rings. The Labute approximate surface area is 79.3 Å². The van der Waals surface area contributed by atoms with Gasteiger partial charge in [-0.1, -0.05) is 0 Å². The van der Waals surface area contributed by atoms with E-state index in [-0.39, 0.29) is 5.92 Å². The Morgan fingerprint density at radius 2 is 1.77 bits per heavy atom. The molecule has 1 aliphatic rings. The molecule has 0 aromatic heterocycles. The highest BCUT2D eigenvalue weighted by atomic mass is 16.4. The van der Waals surface area contributed by atoms with Crippen LogP contribution in [-0.4, -0.2) is 24.7 Å². The molecule has 13 heavy (non-hydrogen) atoms. The average Bonchev–Trinajstić information content (AvgIpc) is 2.21. The number of carboxylic acids is 1. The van der Waals surface area contributed by atoms with E-state index >= 15 is 0 Å². The first-order valence-electron chi connectivity index (χ1n) is 4.74. The maximum absolute atomic E-state index is 10.5. The second kappa shape index (κ2) is 6.86. The second-order valence-corrected chi connectivity index (χ2v) is 3.29. The van der Waals surface area contributed by atoms with Gasteiger partial charge in [0, 0.05) is 0 Å². The Morgan fingerprint density at radius 1 is 1.31 bits per heavy atom. The molecule has 0 saturated heterocycles. The van der Waals surface area contributed by atoms with Crippen LogP contribution in [0, 0.1) is 11.8 Å². The SMILES string of the molecule is CN.NC[C@H]1CC[C@H](C(=O)O)CC1. The van der Waals surface area contributed by atoms with Crippen LogP contribution in [0.1, 0.15) is 25.7 Å². The third kappa shape index (κ3) is 4.24. The molecule has 0 aliphatic heterocycles. The number of hydrogen-bond donors (Lipinski definition) is 3. The molecule has 0 amide bonds. The first kappa shape index (κ1) is 12.4. The minimum Gasteiger partial charge on any atom is -0.481 e. The summed E-state index contributed by atoms with van der Waals surface area (Å²) in [5.41, 5.74) is 9.98. The molecule has 0 spiro atoms. The Bertz CT molecular complexity index is 143. The molecular weight excluding hydrogens is 168 g/mol. The van der Waals surface area contributed by atoms with Gasteiger partial charge in [-0.2, -0.15) is 0 Å². The van der Waals surface area contributed by atoms with Gasteiger partial charge in [-0.15, -0.1) is 0 Å². The Hall–Kier alpha value is -0.610. The van der Waals surface area contributed by atoms with Crippen molar-refractivity contribution in [2.75, 3.05) is 13.6 Å². The van der Waals surface area contributed by atoms with Crippen molar-refractivity contribution in [1.82, 2.24) is 0 Å². The summed E-state index contributed by atoms with van der Waals surface area (Å²) in [6, 6.07) is 0. The molecule has 1 aliphatic carbocycles. The van der Waals surface area contributed by atoms with Crippen molar-refractivity contribution in [2.45, 2.75) is 25.7 Å². The van der Waals surface area contributed by atoms with Gasteiger partial charge in [0.25, 0.3) is 0 Å². The zero-order valence-corrected chi connectivity index (χ0v) is 8.20. The molecule has 4 nitrogen and oxygen atoms in total. The van der Waals surface area contributed by atoms with E-state index in [1.54, 1.807) is 0 Å². The van der Waals surface area contributed by atoms with E-state index in [4.69, 9.17) is 10.8 Å². The molecule has 5 N–H and O–H groups in total. The van der Waals surface area contributed by atoms with E-state index in [1.807, 2.05) is 0 Å². The normalized spacial score (nSPS) is 27.3. The third-order valence-electron chi connectivity index (χ3n) is 2.53. The van der Waals surface area contributed by atoms with Crippen LogP contribution in [0.3, 0.4) is 0 Å². The minimum absolute atomic E-state index is 0.0993. The summed E-state index contributed by atoms with van der Waals surface area (Å²) in [4.78, 5) is 10.5.